The van der Waals surface area contributed by atoms with Gasteiger partial charge in [0.15, 0.2) is 9.84 Å². The van der Waals surface area contributed by atoms with Crippen LogP contribution in [-0.4, -0.2) is 38.1 Å². The minimum Gasteiger partial charge on any atom is -0.450 e. The molecule has 1 heterocycles. The molecule has 11 heteroatoms. The molecule has 1 aromatic heterocycles. The maximum atomic E-state index is 14.1. The number of benzene rings is 2. The molecule has 2 aromatic carbocycles. The number of carbonyl (C=O) groups excluding carboxylic acids is 2. The smallest absolute Gasteiger partial charge is 0.420 e. The zero-order valence-electron chi connectivity index (χ0n) is 21.5. The second kappa shape index (κ2) is 10.1. The predicted octanol–water partition coefficient (Wildman–Crippen LogP) is 4.95. The van der Waals surface area contributed by atoms with Crippen LogP contribution in [-0.2, 0) is 20.8 Å². The Morgan fingerprint density at radius 3 is 2.23 bits per heavy atom. The standard InChI is InChI=1S/C28H27F3N2O5S/c1-5-27(12-13-27)33-25(34)21(14-16(2)3)32-26(35)24-23(28(29,30)31)20-11-8-18(15-22(20)38-24)17-6-9-19(10-7-17)39(4,36)37/h1,6-11,15-16,21H,12-14H2,2-4H3,(H,32,35)(H,33,34)/t21-/m0/s1. The van der Waals surface area contributed by atoms with Crippen molar-refractivity contribution in [3.8, 4) is 23.5 Å². The van der Waals surface area contributed by atoms with Gasteiger partial charge in [0.2, 0.25) is 11.7 Å². The molecular weight excluding hydrogens is 533 g/mol. The van der Waals surface area contributed by atoms with Gasteiger partial charge in [-0.15, -0.1) is 6.42 Å². The molecule has 0 saturated heterocycles. The van der Waals surface area contributed by atoms with Crippen LogP contribution in [0.3, 0.4) is 0 Å². The largest absolute Gasteiger partial charge is 0.450 e. The van der Waals surface area contributed by atoms with Gasteiger partial charge in [-0.05, 0) is 60.6 Å². The van der Waals surface area contributed by atoms with Gasteiger partial charge in [-0.2, -0.15) is 13.2 Å². The number of halogens is 3. The lowest BCUT2D eigenvalue weighted by atomic mass is 10.0. The molecular formula is C28H27F3N2O5S. The van der Waals surface area contributed by atoms with E-state index in [1.807, 2.05) is 13.8 Å². The fourth-order valence-electron chi connectivity index (χ4n) is 4.29. The fourth-order valence-corrected chi connectivity index (χ4v) is 4.92. The van der Waals surface area contributed by atoms with Crippen LogP contribution in [0.25, 0.3) is 22.1 Å². The first-order chi connectivity index (χ1) is 18.1. The van der Waals surface area contributed by atoms with Crippen molar-refractivity contribution in [1.29, 1.82) is 0 Å². The zero-order chi connectivity index (χ0) is 28.8. The number of nitrogens with one attached hydrogen (secondary N) is 2. The van der Waals surface area contributed by atoms with Crippen LogP contribution in [0, 0.1) is 18.3 Å². The highest BCUT2D eigenvalue weighted by molar-refractivity contribution is 7.90. The summed E-state index contributed by atoms with van der Waals surface area (Å²) in [7, 11) is -3.42. The van der Waals surface area contributed by atoms with Crippen LogP contribution in [0.4, 0.5) is 13.2 Å². The van der Waals surface area contributed by atoms with Gasteiger partial charge in [-0.25, -0.2) is 8.42 Å². The molecule has 3 aromatic rings. The van der Waals surface area contributed by atoms with Crippen molar-refractivity contribution in [2.45, 2.75) is 55.8 Å². The molecule has 1 saturated carbocycles. The lowest BCUT2D eigenvalue weighted by Gasteiger charge is -2.22. The quantitative estimate of drug-likeness (QED) is 0.380. The van der Waals surface area contributed by atoms with Crippen LogP contribution < -0.4 is 10.6 Å². The molecule has 4 rings (SSSR count). The summed E-state index contributed by atoms with van der Waals surface area (Å²) in [6.45, 7) is 3.62. The van der Waals surface area contributed by atoms with E-state index in [9.17, 15) is 31.2 Å². The monoisotopic (exact) mass is 560 g/mol. The van der Waals surface area contributed by atoms with Gasteiger partial charge in [0.05, 0.1) is 4.90 Å². The summed E-state index contributed by atoms with van der Waals surface area (Å²) >= 11 is 0. The van der Waals surface area contributed by atoms with Crippen molar-refractivity contribution >= 4 is 32.6 Å². The SMILES string of the molecule is C#CC1(NC(=O)[C@H](CC(C)C)NC(=O)c2oc3cc(-c4ccc(S(C)(=O)=O)cc4)ccc3c2C(F)(F)F)CC1. The van der Waals surface area contributed by atoms with Gasteiger partial charge in [-0.1, -0.05) is 38.0 Å². The first kappa shape index (κ1) is 28.2. The van der Waals surface area contributed by atoms with Crippen LogP contribution in [0.1, 0.15) is 49.2 Å². The summed E-state index contributed by atoms with van der Waals surface area (Å²) in [5.41, 5.74) is -1.23. The highest BCUT2D eigenvalue weighted by Crippen LogP contribution is 2.41. The lowest BCUT2D eigenvalue weighted by Crippen LogP contribution is -2.50. The van der Waals surface area contributed by atoms with Crippen molar-refractivity contribution in [2.24, 2.45) is 5.92 Å². The Bertz CT molecular complexity index is 1580. The van der Waals surface area contributed by atoms with Gasteiger partial charge >= 0.3 is 6.18 Å². The lowest BCUT2D eigenvalue weighted by molar-refractivity contribution is -0.137. The van der Waals surface area contributed by atoms with E-state index in [0.29, 0.717) is 24.0 Å². The van der Waals surface area contributed by atoms with Crippen molar-refractivity contribution in [2.75, 3.05) is 6.26 Å². The van der Waals surface area contributed by atoms with Crippen molar-refractivity contribution < 1.29 is 35.6 Å². The number of rotatable bonds is 8. The Kier molecular flexibility index (Phi) is 7.29. The third kappa shape index (κ3) is 6.11. The Balaban J connectivity index is 1.69. The number of hydrogen-bond donors (Lipinski definition) is 2. The second-order valence-electron chi connectivity index (χ2n) is 10.2. The Morgan fingerprint density at radius 1 is 1.10 bits per heavy atom. The molecule has 2 amide bonds. The van der Waals surface area contributed by atoms with Gasteiger partial charge in [0, 0.05) is 11.6 Å². The normalized spacial score (nSPS) is 15.5. The second-order valence-corrected chi connectivity index (χ2v) is 12.2. The average molecular weight is 561 g/mol. The summed E-state index contributed by atoms with van der Waals surface area (Å²) in [6.07, 6.45) is 2.96. The predicted molar refractivity (Wildman–Crippen MR) is 139 cm³/mol. The average Bonchev–Trinajstić information content (AvgIpc) is 3.50. The van der Waals surface area contributed by atoms with Gasteiger partial charge in [0.1, 0.15) is 22.7 Å². The molecule has 206 valence electrons. The van der Waals surface area contributed by atoms with Gasteiger partial charge in [0.25, 0.3) is 5.91 Å². The third-order valence-electron chi connectivity index (χ3n) is 6.51. The van der Waals surface area contributed by atoms with E-state index in [1.165, 1.54) is 42.5 Å². The Morgan fingerprint density at radius 2 is 1.72 bits per heavy atom. The molecule has 7 nitrogen and oxygen atoms in total. The summed E-state index contributed by atoms with van der Waals surface area (Å²) in [6, 6.07) is 8.67. The molecule has 2 N–H and O–H groups in total. The number of fused-ring (bicyclic) bond motifs is 1. The third-order valence-corrected chi connectivity index (χ3v) is 7.64. The van der Waals surface area contributed by atoms with E-state index in [1.54, 1.807) is 0 Å². The summed E-state index contributed by atoms with van der Waals surface area (Å²) < 4.78 is 71.3. The van der Waals surface area contributed by atoms with E-state index in [0.717, 1.165) is 6.26 Å². The molecule has 0 spiro atoms. The number of amides is 2. The molecule has 1 aliphatic carbocycles. The van der Waals surface area contributed by atoms with Crippen LogP contribution in [0.2, 0.25) is 0 Å². The summed E-state index contributed by atoms with van der Waals surface area (Å²) in [5.74, 6) is -0.254. The topological polar surface area (TPSA) is 105 Å². The number of alkyl halides is 3. The van der Waals surface area contributed by atoms with E-state index in [2.05, 4.69) is 16.6 Å². The zero-order valence-corrected chi connectivity index (χ0v) is 22.3. The van der Waals surface area contributed by atoms with Crippen LogP contribution >= 0.6 is 0 Å². The van der Waals surface area contributed by atoms with Crippen LogP contribution in [0.15, 0.2) is 51.8 Å². The highest BCUT2D eigenvalue weighted by Gasteiger charge is 2.45. The summed E-state index contributed by atoms with van der Waals surface area (Å²) in [4.78, 5) is 26.1. The molecule has 1 atom stereocenters. The Hall–Kier alpha value is -3.78. The van der Waals surface area contributed by atoms with Crippen molar-refractivity contribution in [3.63, 3.8) is 0 Å². The van der Waals surface area contributed by atoms with Crippen molar-refractivity contribution in [1.82, 2.24) is 10.6 Å². The van der Waals surface area contributed by atoms with E-state index >= 15 is 0 Å². The number of sulfone groups is 1. The van der Waals surface area contributed by atoms with E-state index in [4.69, 9.17) is 10.8 Å². The molecule has 0 aliphatic heterocycles. The van der Waals surface area contributed by atoms with E-state index in [-0.39, 0.29) is 28.2 Å². The maximum Gasteiger partial charge on any atom is 0.420 e. The molecule has 1 fully saturated rings. The summed E-state index contributed by atoms with van der Waals surface area (Å²) in [5, 5.41) is 4.80. The van der Waals surface area contributed by atoms with Crippen molar-refractivity contribution in [3.05, 3.63) is 53.8 Å². The first-order valence-electron chi connectivity index (χ1n) is 12.2. The number of terminal acetylenes is 1. The number of furan rings is 1. The molecule has 0 unspecified atom stereocenters. The molecule has 0 bridgehead atoms. The fraction of sp³-hybridized carbons (Fsp3) is 0.357. The van der Waals surface area contributed by atoms with Crippen LogP contribution in [0.5, 0.6) is 0 Å². The minimum atomic E-state index is -4.92. The molecule has 0 radical (unpaired) electrons. The molecule has 1 aliphatic rings. The van der Waals surface area contributed by atoms with E-state index < -0.39 is 50.7 Å². The minimum absolute atomic E-state index is 0.0589. The highest BCUT2D eigenvalue weighted by atomic mass is 32.2. The maximum absolute atomic E-state index is 14.1. The van der Waals surface area contributed by atoms with Gasteiger partial charge in [-0.3, -0.25) is 9.59 Å². The number of hydrogen-bond acceptors (Lipinski definition) is 5. The Labute approximate surface area is 224 Å². The van der Waals surface area contributed by atoms with Gasteiger partial charge < -0.3 is 15.1 Å². The first-order valence-corrected chi connectivity index (χ1v) is 14.1. The number of carbonyl (C=O) groups is 2. The molecule has 39 heavy (non-hydrogen) atoms.